The SMILES string of the molecule is CCNCc1cc(F)ccc1N1CCCC2CCCCC21. The molecule has 116 valence electrons. The monoisotopic (exact) mass is 290 g/mol. The summed E-state index contributed by atoms with van der Waals surface area (Å²) in [4.78, 5) is 2.58. The zero-order chi connectivity index (χ0) is 14.7. The van der Waals surface area contributed by atoms with Gasteiger partial charge in [0, 0.05) is 24.8 Å². The van der Waals surface area contributed by atoms with Crippen LogP contribution in [0.5, 0.6) is 0 Å². The van der Waals surface area contributed by atoms with E-state index in [0.717, 1.165) is 31.1 Å². The molecule has 0 spiro atoms. The summed E-state index contributed by atoms with van der Waals surface area (Å²) in [5, 5.41) is 3.35. The van der Waals surface area contributed by atoms with Gasteiger partial charge in [-0.25, -0.2) is 4.39 Å². The first-order valence-corrected chi connectivity index (χ1v) is 8.55. The highest BCUT2D eigenvalue weighted by molar-refractivity contribution is 5.55. The van der Waals surface area contributed by atoms with Crippen molar-refractivity contribution in [2.75, 3.05) is 18.0 Å². The zero-order valence-corrected chi connectivity index (χ0v) is 13.1. The lowest BCUT2D eigenvalue weighted by Gasteiger charge is -2.46. The van der Waals surface area contributed by atoms with E-state index in [1.807, 2.05) is 6.07 Å². The zero-order valence-electron chi connectivity index (χ0n) is 13.1. The maximum atomic E-state index is 13.6. The van der Waals surface area contributed by atoms with Crippen LogP contribution >= 0.6 is 0 Å². The Hall–Kier alpha value is -1.09. The summed E-state index contributed by atoms with van der Waals surface area (Å²) in [6.45, 7) is 4.91. The predicted molar refractivity (Wildman–Crippen MR) is 86.1 cm³/mol. The summed E-state index contributed by atoms with van der Waals surface area (Å²) < 4.78 is 13.6. The third-order valence-electron chi connectivity index (χ3n) is 5.16. The largest absolute Gasteiger partial charge is 0.368 e. The minimum atomic E-state index is -0.121. The number of nitrogens with zero attached hydrogens (tertiary/aromatic N) is 1. The van der Waals surface area contributed by atoms with Crippen molar-refractivity contribution in [3.05, 3.63) is 29.6 Å². The van der Waals surface area contributed by atoms with Crippen molar-refractivity contribution in [2.24, 2.45) is 5.92 Å². The van der Waals surface area contributed by atoms with Crippen molar-refractivity contribution in [2.45, 2.75) is 58.0 Å². The molecule has 3 heteroatoms. The van der Waals surface area contributed by atoms with Crippen molar-refractivity contribution in [3.63, 3.8) is 0 Å². The first-order chi connectivity index (χ1) is 10.3. The van der Waals surface area contributed by atoms with Gasteiger partial charge in [-0.2, -0.15) is 0 Å². The third-order valence-corrected chi connectivity index (χ3v) is 5.16. The molecule has 2 aliphatic rings. The van der Waals surface area contributed by atoms with E-state index in [9.17, 15) is 4.39 Å². The maximum Gasteiger partial charge on any atom is 0.123 e. The van der Waals surface area contributed by atoms with Gasteiger partial charge in [0.25, 0.3) is 0 Å². The number of halogens is 1. The van der Waals surface area contributed by atoms with Crippen LogP contribution in [0.25, 0.3) is 0 Å². The van der Waals surface area contributed by atoms with Gasteiger partial charge >= 0.3 is 0 Å². The molecule has 1 saturated carbocycles. The van der Waals surface area contributed by atoms with Crippen molar-refractivity contribution in [3.8, 4) is 0 Å². The van der Waals surface area contributed by atoms with Crippen LogP contribution in [0.3, 0.4) is 0 Å². The standard InChI is InChI=1S/C18H27FN2/c1-2-20-13-15-12-16(19)9-10-18(15)21-11-5-7-14-6-3-4-8-17(14)21/h9-10,12,14,17,20H,2-8,11,13H2,1H3. The quantitative estimate of drug-likeness (QED) is 0.898. The van der Waals surface area contributed by atoms with E-state index in [1.54, 1.807) is 12.1 Å². The highest BCUT2D eigenvalue weighted by atomic mass is 19.1. The topological polar surface area (TPSA) is 15.3 Å². The van der Waals surface area contributed by atoms with Crippen molar-refractivity contribution >= 4 is 5.69 Å². The van der Waals surface area contributed by atoms with E-state index in [4.69, 9.17) is 0 Å². The minimum absolute atomic E-state index is 0.121. The number of piperidine rings is 1. The third kappa shape index (κ3) is 3.23. The summed E-state index contributed by atoms with van der Waals surface area (Å²) in [7, 11) is 0. The molecule has 2 atom stereocenters. The van der Waals surface area contributed by atoms with E-state index in [1.165, 1.54) is 44.2 Å². The van der Waals surface area contributed by atoms with Crippen molar-refractivity contribution in [1.29, 1.82) is 0 Å². The summed E-state index contributed by atoms with van der Waals surface area (Å²) in [6.07, 6.45) is 8.09. The molecule has 1 N–H and O–H groups in total. The number of anilines is 1. The lowest BCUT2D eigenvalue weighted by molar-refractivity contribution is 0.243. The summed E-state index contributed by atoms with van der Waals surface area (Å²) in [5.41, 5.74) is 2.37. The van der Waals surface area contributed by atoms with E-state index in [2.05, 4.69) is 17.1 Å². The molecule has 1 aromatic carbocycles. The summed E-state index contributed by atoms with van der Waals surface area (Å²) in [6, 6.07) is 6.01. The Balaban J connectivity index is 1.87. The van der Waals surface area contributed by atoms with E-state index in [-0.39, 0.29) is 5.82 Å². The van der Waals surface area contributed by atoms with Gasteiger partial charge < -0.3 is 10.2 Å². The van der Waals surface area contributed by atoms with Crippen LogP contribution in [0.1, 0.15) is 51.0 Å². The molecule has 0 bridgehead atoms. The fraction of sp³-hybridized carbons (Fsp3) is 0.667. The molecule has 21 heavy (non-hydrogen) atoms. The van der Waals surface area contributed by atoms with E-state index in [0.29, 0.717) is 6.04 Å². The van der Waals surface area contributed by atoms with Gasteiger partial charge in [0.2, 0.25) is 0 Å². The number of benzene rings is 1. The van der Waals surface area contributed by atoms with Crippen LogP contribution in [0.2, 0.25) is 0 Å². The first kappa shape index (κ1) is 14.8. The lowest BCUT2D eigenvalue weighted by Crippen LogP contribution is -2.47. The van der Waals surface area contributed by atoms with Crippen molar-refractivity contribution < 1.29 is 4.39 Å². The fourth-order valence-electron chi connectivity index (χ4n) is 4.16. The maximum absolute atomic E-state index is 13.6. The summed E-state index contributed by atoms with van der Waals surface area (Å²) >= 11 is 0. The van der Waals surface area contributed by atoms with Crippen LogP contribution in [-0.2, 0) is 6.54 Å². The molecule has 1 aromatic rings. The van der Waals surface area contributed by atoms with Gasteiger partial charge in [0.1, 0.15) is 5.82 Å². The molecule has 0 amide bonds. The van der Waals surface area contributed by atoms with Crippen LogP contribution in [0.15, 0.2) is 18.2 Å². The van der Waals surface area contributed by atoms with Gasteiger partial charge in [0.05, 0.1) is 0 Å². The smallest absolute Gasteiger partial charge is 0.123 e. The second-order valence-electron chi connectivity index (χ2n) is 6.50. The number of hydrogen-bond donors (Lipinski definition) is 1. The molecule has 0 aromatic heterocycles. The number of nitrogens with one attached hydrogen (secondary N) is 1. The molecular weight excluding hydrogens is 263 g/mol. The molecule has 0 radical (unpaired) electrons. The van der Waals surface area contributed by atoms with Gasteiger partial charge in [-0.15, -0.1) is 0 Å². The number of hydrogen-bond acceptors (Lipinski definition) is 2. The molecule has 1 aliphatic carbocycles. The Kier molecular flexibility index (Phi) is 4.79. The van der Waals surface area contributed by atoms with Gasteiger partial charge in [-0.05, 0) is 61.9 Å². The van der Waals surface area contributed by atoms with Gasteiger partial charge in [-0.1, -0.05) is 19.8 Å². The highest BCUT2D eigenvalue weighted by Gasteiger charge is 2.33. The molecule has 2 fully saturated rings. The van der Waals surface area contributed by atoms with Crippen LogP contribution in [-0.4, -0.2) is 19.1 Å². The van der Waals surface area contributed by atoms with Gasteiger partial charge in [0.15, 0.2) is 0 Å². The molecule has 1 saturated heterocycles. The lowest BCUT2D eigenvalue weighted by atomic mass is 9.78. The van der Waals surface area contributed by atoms with E-state index < -0.39 is 0 Å². The summed E-state index contributed by atoms with van der Waals surface area (Å²) in [5.74, 6) is 0.730. The second kappa shape index (κ2) is 6.78. The van der Waals surface area contributed by atoms with Gasteiger partial charge in [-0.3, -0.25) is 0 Å². The van der Waals surface area contributed by atoms with Crippen LogP contribution in [0.4, 0.5) is 10.1 Å². The number of rotatable bonds is 4. The average molecular weight is 290 g/mol. The Morgan fingerprint density at radius 2 is 2.00 bits per heavy atom. The Morgan fingerprint density at radius 3 is 2.86 bits per heavy atom. The fourth-order valence-corrected chi connectivity index (χ4v) is 4.16. The molecule has 2 nitrogen and oxygen atoms in total. The van der Waals surface area contributed by atoms with Crippen LogP contribution in [0, 0.1) is 11.7 Å². The molecular formula is C18H27FN2. The average Bonchev–Trinajstić information content (AvgIpc) is 2.52. The molecule has 1 aliphatic heterocycles. The normalized spacial score (nSPS) is 25.7. The molecule has 1 heterocycles. The number of fused-ring (bicyclic) bond motifs is 1. The highest BCUT2D eigenvalue weighted by Crippen LogP contribution is 2.38. The Bertz CT molecular complexity index is 472. The van der Waals surface area contributed by atoms with Crippen molar-refractivity contribution in [1.82, 2.24) is 5.32 Å². The predicted octanol–water partition coefficient (Wildman–Crippen LogP) is 4.09. The molecule has 3 rings (SSSR count). The Labute approximate surface area is 127 Å². The minimum Gasteiger partial charge on any atom is -0.368 e. The van der Waals surface area contributed by atoms with E-state index >= 15 is 0 Å². The Morgan fingerprint density at radius 1 is 1.19 bits per heavy atom. The van der Waals surface area contributed by atoms with Crippen LogP contribution < -0.4 is 10.2 Å². The second-order valence-corrected chi connectivity index (χ2v) is 6.50. The molecule has 2 unspecified atom stereocenters. The first-order valence-electron chi connectivity index (χ1n) is 8.55.